The van der Waals surface area contributed by atoms with Gasteiger partial charge in [-0.25, -0.2) is 4.79 Å². The van der Waals surface area contributed by atoms with Crippen molar-refractivity contribution in [3.05, 3.63) is 47.6 Å². The number of rotatable bonds is 6. The van der Waals surface area contributed by atoms with Gasteiger partial charge in [-0.05, 0) is 63.9 Å². The third-order valence-corrected chi connectivity index (χ3v) is 8.06. The molecule has 0 N–H and O–H groups in total. The van der Waals surface area contributed by atoms with Crippen molar-refractivity contribution in [3.63, 3.8) is 0 Å². The number of hydrogen-bond donors (Lipinski definition) is 0. The molecule has 0 aliphatic carbocycles. The molecule has 8 nitrogen and oxygen atoms in total. The number of esters is 3. The lowest BCUT2D eigenvalue weighted by atomic mass is 9.90. The largest absolute Gasteiger partial charge is 0.469 e. The van der Waals surface area contributed by atoms with Crippen molar-refractivity contribution in [3.8, 4) is 0 Å². The average molecular weight is 573 g/mol. The van der Waals surface area contributed by atoms with E-state index in [1.165, 1.54) is 20.3 Å². The Morgan fingerprint density at radius 2 is 1.56 bits per heavy atom. The van der Waals surface area contributed by atoms with E-state index in [1.54, 1.807) is 0 Å². The second kappa shape index (κ2) is 17.3. The molecule has 3 rings (SSSR count). The Bertz CT molecular complexity index is 993. The average Bonchev–Trinajstić information content (AvgIpc) is 2.93. The molecule has 0 aromatic carbocycles. The smallest absolute Gasteiger partial charge is 0.330 e. The van der Waals surface area contributed by atoms with Crippen LogP contribution < -0.4 is 0 Å². The monoisotopic (exact) mass is 572 g/mol. The Morgan fingerprint density at radius 1 is 0.854 bits per heavy atom. The second-order valence-corrected chi connectivity index (χ2v) is 11.6. The molecule has 3 aliphatic rings. The molecular formula is C33H48O8. The van der Waals surface area contributed by atoms with E-state index in [-0.39, 0.29) is 67.2 Å². The fraction of sp³-hybridized carbons (Fsp3) is 0.667. The number of carbonyl (C=O) groups is 3. The quantitative estimate of drug-likeness (QED) is 0.163. The molecule has 6 atom stereocenters. The maximum atomic E-state index is 13.2. The lowest BCUT2D eigenvalue weighted by Gasteiger charge is -2.37. The van der Waals surface area contributed by atoms with Crippen molar-refractivity contribution in [2.45, 2.75) is 121 Å². The van der Waals surface area contributed by atoms with Gasteiger partial charge in [0.05, 0.1) is 51.5 Å². The van der Waals surface area contributed by atoms with Crippen LogP contribution in [-0.2, 0) is 38.1 Å². The molecule has 3 fully saturated rings. The molecule has 228 valence electrons. The molecule has 3 saturated heterocycles. The van der Waals surface area contributed by atoms with Gasteiger partial charge in [0.1, 0.15) is 6.10 Å². The van der Waals surface area contributed by atoms with E-state index in [0.29, 0.717) is 12.8 Å². The predicted molar refractivity (Wildman–Crippen MR) is 156 cm³/mol. The lowest BCUT2D eigenvalue weighted by Crippen LogP contribution is -2.37. The van der Waals surface area contributed by atoms with E-state index in [2.05, 4.69) is 6.92 Å². The topological polar surface area (TPSA) is 97.4 Å². The van der Waals surface area contributed by atoms with E-state index >= 15 is 0 Å². The highest BCUT2D eigenvalue weighted by atomic mass is 16.6. The fourth-order valence-corrected chi connectivity index (χ4v) is 5.85. The Morgan fingerprint density at radius 3 is 2.34 bits per heavy atom. The molecule has 0 radical (unpaired) electrons. The first-order valence-corrected chi connectivity index (χ1v) is 15.1. The van der Waals surface area contributed by atoms with Crippen LogP contribution in [0.3, 0.4) is 0 Å². The van der Waals surface area contributed by atoms with Crippen molar-refractivity contribution in [2.24, 2.45) is 5.92 Å². The van der Waals surface area contributed by atoms with Gasteiger partial charge < -0.3 is 23.7 Å². The Balaban J connectivity index is 1.73. The summed E-state index contributed by atoms with van der Waals surface area (Å²) in [7, 11) is 2.75. The maximum Gasteiger partial charge on any atom is 0.330 e. The van der Waals surface area contributed by atoms with E-state index in [4.69, 9.17) is 23.7 Å². The minimum absolute atomic E-state index is 0.117. The zero-order chi connectivity index (χ0) is 29.6. The molecule has 8 heteroatoms. The first kappa shape index (κ1) is 32.8. The van der Waals surface area contributed by atoms with Crippen molar-refractivity contribution >= 4 is 17.9 Å². The summed E-state index contributed by atoms with van der Waals surface area (Å²) < 4.78 is 28.4. The summed E-state index contributed by atoms with van der Waals surface area (Å²) in [6.07, 6.45) is 20.1. The number of cyclic esters (lactones) is 1. The van der Waals surface area contributed by atoms with Gasteiger partial charge in [-0.3, -0.25) is 9.59 Å². The molecule has 0 spiro atoms. The molecule has 0 aromatic rings. The maximum absolute atomic E-state index is 13.2. The van der Waals surface area contributed by atoms with Gasteiger partial charge in [-0.2, -0.15) is 0 Å². The SMILES string of the molecule is COC(=O)/C=C1\CC2CC(=O)OC(/C=C/C=C\C=C(/C)CC(=O)OC)C(C)CCCCC3CCCC(CC(C1)O2)O3. The number of carbonyl (C=O) groups excluding carboxylic acids is 3. The molecule has 3 heterocycles. The highest BCUT2D eigenvalue weighted by molar-refractivity contribution is 5.82. The molecule has 0 saturated carbocycles. The first-order valence-electron chi connectivity index (χ1n) is 15.1. The van der Waals surface area contributed by atoms with Crippen LogP contribution in [-0.4, -0.2) is 62.6 Å². The van der Waals surface area contributed by atoms with E-state index in [9.17, 15) is 14.4 Å². The molecule has 41 heavy (non-hydrogen) atoms. The van der Waals surface area contributed by atoms with E-state index in [0.717, 1.165) is 62.5 Å². The molecule has 6 unspecified atom stereocenters. The van der Waals surface area contributed by atoms with Crippen molar-refractivity contribution < 1.29 is 38.1 Å². The fourth-order valence-electron chi connectivity index (χ4n) is 5.85. The molecule has 4 bridgehead atoms. The first-order chi connectivity index (χ1) is 19.7. The van der Waals surface area contributed by atoms with Crippen LogP contribution in [0.5, 0.6) is 0 Å². The normalized spacial score (nSPS) is 31.7. The molecule has 0 aromatic heterocycles. The standard InChI is InChI=1S/C33H48O8/c1-23(17-31(34)37-3)11-6-5-7-16-30-24(2)12-8-9-13-26-14-10-15-27(39-26)21-28-18-25(20-32(35)38-4)19-29(40-28)22-33(36)41-30/h5-7,11,16,20,24,26-30H,8-10,12-15,17-19,21-22H2,1-4H3/b6-5-,16-7+,23-11+,25-20-. The number of methoxy groups -OCH3 is 2. The number of allylic oxidation sites excluding steroid dienone is 4. The summed E-state index contributed by atoms with van der Waals surface area (Å²) in [5.74, 6) is -0.831. The molecular weight excluding hydrogens is 524 g/mol. The van der Waals surface area contributed by atoms with Crippen LogP contribution in [0.4, 0.5) is 0 Å². The highest BCUT2D eigenvalue weighted by Gasteiger charge is 2.33. The Kier molecular flexibility index (Phi) is 13.8. The summed E-state index contributed by atoms with van der Waals surface area (Å²) in [4.78, 5) is 36.6. The van der Waals surface area contributed by atoms with Crippen molar-refractivity contribution in [2.75, 3.05) is 14.2 Å². The zero-order valence-electron chi connectivity index (χ0n) is 25.2. The molecule has 0 amide bonds. The third kappa shape index (κ3) is 12.0. The van der Waals surface area contributed by atoms with Gasteiger partial charge in [0.15, 0.2) is 0 Å². The van der Waals surface area contributed by atoms with Crippen molar-refractivity contribution in [1.29, 1.82) is 0 Å². The second-order valence-electron chi connectivity index (χ2n) is 11.6. The highest BCUT2D eigenvalue weighted by Crippen LogP contribution is 2.33. The van der Waals surface area contributed by atoms with E-state index < -0.39 is 0 Å². The van der Waals surface area contributed by atoms with Crippen LogP contribution in [0, 0.1) is 5.92 Å². The Labute approximate surface area is 245 Å². The summed E-state index contributed by atoms with van der Waals surface area (Å²) in [5, 5.41) is 0. The zero-order valence-corrected chi connectivity index (χ0v) is 25.2. The van der Waals surface area contributed by atoms with Gasteiger partial charge in [-0.1, -0.05) is 55.2 Å². The molecule has 3 aliphatic heterocycles. The van der Waals surface area contributed by atoms with Crippen molar-refractivity contribution in [1.82, 2.24) is 0 Å². The van der Waals surface area contributed by atoms with Crippen LogP contribution in [0.15, 0.2) is 47.6 Å². The number of hydrogen-bond acceptors (Lipinski definition) is 8. The summed E-state index contributed by atoms with van der Waals surface area (Å²) in [6.45, 7) is 3.99. The number of fused-ring (bicyclic) bond motifs is 4. The third-order valence-electron chi connectivity index (χ3n) is 8.06. The van der Waals surface area contributed by atoms with E-state index in [1.807, 2.05) is 37.3 Å². The Hall–Kier alpha value is -2.71. The van der Waals surface area contributed by atoms with Crippen LogP contribution in [0.1, 0.15) is 90.9 Å². The lowest BCUT2D eigenvalue weighted by molar-refractivity contribution is -0.155. The summed E-state index contributed by atoms with van der Waals surface area (Å²) in [6, 6.07) is 0. The van der Waals surface area contributed by atoms with Gasteiger partial charge in [0.25, 0.3) is 0 Å². The predicted octanol–water partition coefficient (Wildman–Crippen LogP) is 6.10. The minimum Gasteiger partial charge on any atom is -0.469 e. The summed E-state index contributed by atoms with van der Waals surface area (Å²) in [5.41, 5.74) is 1.83. The van der Waals surface area contributed by atoms with Crippen LogP contribution in [0.25, 0.3) is 0 Å². The number of ether oxygens (including phenoxy) is 5. The van der Waals surface area contributed by atoms with Gasteiger partial charge in [0.2, 0.25) is 0 Å². The minimum atomic E-state index is -0.388. The van der Waals surface area contributed by atoms with Gasteiger partial charge in [-0.15, -0.1) is 0 Å². The van der Waals surface area contributed by atoms with Gasteiger partial charge in [0, 0.05) is 12.5 Å². The summed E-state index contributed by atoms with van der Waals surface area (Å²) >= 11 is 0. The van der Waals surface area contributed by atoms with Gasteiger partial charge >= 0.3 is 17.9 Å². The van der Waals surface area contributed by atoms with Crippen LogP contribution in [0.2, 0.25) is 0 Å². The van der Waals surface area contributed by atoms with Crippen LogP contribution >= 0.6 is 0 Å².